The van der Waals surface area contributed by atoms with Crippen LogP contribution in [0.15, 0.2) is 24.3 Å². The number of carbonyl (C=O) groups is 2. The van der Waals surface area contributed by atoms with Crippen LogP contribution in [-0.4, -0.2) is 11.9 Å². The highest BCUT2D eigenvalue weighted by Crippen LogP contribution is 2.05. The van der Waals surface area contributed by atoms with E-state index in [9.17, 15) is 19.8 Å². The van der Waals surface area contributed by atoms with Crippen LogP contribution in [0.3, 0.4) is 0 Å². The summed E-state index contributed by atoms with van der Waals surface area (Å²) in [5.74, 6) is -2.31. The van der Waals surface area contributed by atoms with E-state index in [-0.39, 0.29) is 25.1 Å². The van der Waals surface area contributed by atoms with Gasteiger partial charge in [0.25, 0.3) is 0 Å². The monoisotopic (exact) mass is 228 g/mol. The lowest BCUT2D eigenvalue weighted by Gasteiger charge is -2.05. The minimum Gasteiger partial charge on any atom is -0.550 e. The molecule has 0 atom stereocenters. The van der Waals surface area contributed by atoms with Crippen molar-refractivity contribution in [2.24, 2.45) is 0 Å². The van der Waals surface area contributed by atoms with E-state index in [1.165, 1.54) is 0 Å². The Kier molecular flexibility index (Phi) is 7.62. The zero-order valence-electron chi connectivity index (χ0n) is 9.36. The van der Waals surface area contributed by atoms with Gasteiger partial charge in [-0.25, -0.2) is 0 Å². The largest absolute Gasteiger partial charge is 0.550 e. The van der Waals surface area contributed by atoms with Gasteiger partial charge in [0, 0.05) is 24.8 Å². The van der Waals surface area contributed by atoms with Crippen molar-refractivity contribution in [2.45, 2.75) is 12.8 Å². The van der Waals surface area contributed by atoms with Gasteiger partial charge in [0.05, 0.1) is 0 Å². The fourth-order valence-electron chi connectivity index (χ4n) is 1.11. The fourth-order valence-corrected chi connectivity index (χ4v) is 1.11. The molecule has 1 rings (SSSR count). The molecule has 1 aromatic carbocycles. The van der Waals surface area contributed by atoms with Crippen molar-refractivity contribution in [1.29, 1.82) is 0 Å². The Bertz CT molecular complexity index is 313. The van der Waals surface area contributed by atoms with Crippen LogP contribution < -0.4 is 22.5 Å². The average Bonchev–Trinajstić information content (AvgIpc) is 2.06. The lowest BCUT2D eigenvalue weighted by Crippen LogP contribution is -2.25. The molecule has 0 saturated carbocycles. The summed E-state index contributed by atoms with van der Waals surface area (Å²) in [5.41, 5.74) is 1.18. The number of quaternary nitrogens is 2. The van der Waals surface area contributed by atoms with Crippen molar-refractivity contribution >= 4 is 11.9 Å². The van der Waals surface area contributed by atoms with Crippen LogP contribution in [0.2, 0.25) is 0 Å². The fraction of sp³-hybridized carbons (Fsp3) is 0.200. The van der Waals surface area contributed by atoms with Gasteiger partial charge in [-0.2, -0.15) is 0 Å². The third-order valence-corrected chi connectivity index (χ3v) is 1.72. The van der Waals surface area contributed by atoms with E-state index in [1.54, 1.807) is 24.3 Å². The van der Waals surface area contributed by atoms with Crippen molar-refractivity contribution in [3.05, 3.63) is 35.4 Å². The number of carboxylic acids is 2. The summed E-state index contributed by atoms with van der Waals surface area (Å²) in [7, 11) is 0. The molecule has 0 radical (unpaired) electrons. The molecule has 0 fully saturated rings. The van der Waals surface area contributed by atoms with E-state index in [0.717, 1.165) is 0 Å². The Morgan fingerprint density at radius 1 is 0.812 bits per heavy atom. The Labute approximate surface area is 93.1 Å². The zero-order chi connectivity index (χ0) is 10.6. The van der Waals surface area contributed by atoms with Gasteiger partial charge in [-0.1, -0.05) is 24.3 Å². The van der Waals surface area contributed by atoms with Gasteiger partial charge in [0.1, 0.15) is 0 Å². The lowest BCUT2D eigenvalue weighted by molar-refractivity contribution is -0.306. The zero-order valence-corrected chi connectivity index (χ0v) is 9.36. The number of benzene rings is 1. The molecule has 0 amide bonds. The number of hydrogen-bond donors (Lipinski definition) is 2. The molecule has 0 aliphatic carbocycles. The molecule has 6 heteroatoms. The van der Waals surface area contributed by atoms with Crippen LogP contribution in [0.5, 0.6) is 0 Å². The highest BCUT2D eigenvalue weighted by atomic mass is 16.4. The van der Waals surface area contributed by atoms with Crippen molar-refractivity contribution in [3.63, 3.8) is 0 Å². The minimum atomic E-state index is -1.15. The molecule has 0 bridgehead atoms. The van der Waals surface area contributed by atoms with Crippen LogP contribution in [0.25, 0.3) is 0 Å². The first-order chi connectivity index (χ1) is 6.58. The molecule has 0 aliphatic rings. The topological polar surface area (TPSA) is 153 Å². The molecule has 0 heterocycles. The molecule has 0 aliphatic heterocycles. The Balaban J connectivity index is 0. The first-order valence-corrected chi connectivity index (χ1v) is 4.05. The molecule has 0 unspecified atom stereocenters. The minimum absolute atomic E-state index is 0. The Morgan fingerprint density at radius 3 is 1.25 bits per heavy atom. The average molecular weight is 228 g/mol. The summed E-state index contributed by atoms with van der Waals surface area (Å²) in [6.45, 7) is 0. The summed E-state index contributed by atoms with van der Waals surface area (Å²) in [4.78, 5) is 20.4. The molecule has 1 aromatic rings. The Morgan fingerprint density at radius 2 is 1.06 bits per heavy atom. The van der Waals surface area contributed by atoms with Crippen LogP contribution in [0.1, 0.15) is 11.1 Å². The first-order valence-electron chi connectivity index (χ1n) is 4.05. The maximum absolute atomic E-state index is 10.2. The lowest BCUT2D eigenvalue weighted by atomic mass is 10.1. The van der Waals surface area contributed by atoms with Crippen LogP contribution in [0, 0.1) is 0 Å². The second-order valence-electron chi connectivity index (χ2n) is 2.91. The van der Waals surface area contributed by atoms with Crippen molar-refractivity contribution < 1.29 is 19.8 Å². The van der Waals surface area contributed by atoms with Crippen molar-refractivity contribution in [3.8, 4) is 0 Å². The smallest absolute Gasteiger partial charge is 0.0458 e. The van der Waals surface area contributed by atoms with Crippen LogP contribution in [-0.2, 0) is 22.4 Å². The maximum atomic E-state index is 10.2. The van der Waals surface area contributed by atoms with E-state index < -0.39 is 11.9 Å². The highest BCUT2D eigenvalue weighted by molar-refractivity contribution is 5.69. The molecule has 0 aromatic heterocycles. The molecule has 8 N–H and O–H groups in total. The number of aliphatic carboxylic acids is 2. The predicted octanol–water partition coefficient (Wildman–Crippen LogP) is -0.976. The van der Waals surface area contributed by atoms with E-state index in [4.69, 9.17) is 0 Å². The number of hydrogen-bond acceptors (Lipinski definition) is 4. The van der Waals surface area contributed by atoms with E-state index in [2.05, 4.69) is 0 Å². The summed E-state index contributed by atoms with van der Waals surface area (Å²) >= 11 is 0. The van der Waals surface area contributed by atoms with Crippen molar-refractivity contribution in [1.82, 2.24) is 12.3 Å². The van der Waals surface area contributed by atoms with Gasteiger partial charge < -0.3 is 32.1 Å². The highest BCUT2D eigenvalue weighted by Gasteiger charge is 1.95. The molecule has 6 nitrogen and oxygen atoms in total. The third kappa shape index (κ3) is 5.74. The summed E-state index contributed by atoms with van der Waals surface area (Å²) in [6, 6.07) is 6.25. The molecule has 0 spiro atoms. The number of carbonyl (C=O) groups excluding carboxylic acids is 2. The van der Waals surface area contributed by atoms with E-state index in [0.29, 0.717) is 11.1 Å². The molecule has 90 valence electrons. The first kappa shape index (κ1) is 16.5. The van der Waals surface area contributed by atoms with Crippen LogP contribution in [0.4, 0.5) is 0 Å². The van der Waals surface area contributed by atoms with Gasteiger partial charge in [-0.05, 0) is 11.1 Å². The van der Waals surface area contributed by atoms with Gasteiger partial charge in [0.2, 0.25) is 0 Å². The van der Waals surface area contributed by atoms with Gasteiger partial charge >= 0.3 is 0 Å². The normalized spacial score (nSPS) is 8.50. The van der Waals surface area contributed by atoms with Gasteiger partial charge in [-0.15, -0.1) is 0 Å². The van der Waals surface area contributed by atoms with E-state index >= 15 is 0 Å². The second kappa shape index (κ2) is 7.38. The van der Waals surface area contributed by atoms with E-state index in [1.807, 2.05) is 0 Å². The van der Waals surface area contributed by atoms with Crippen LogP contribution >= 0.6 is 0 Å². The van der Waals surface area contributed by atoms with Gasteiger partial charge in [-0.3, -0.25) is 0 Å². The standard InChI is InChI=1S/C10H10O4.2H3N/c11-9(12)5-7-1-2-8(4-3-7)6-10(13)14;;/h1-4H,5-6H2,(H,11,12)(H,13,14);2*1H3. The molecular weight excluding hydrogens is 212 g/mol. The molecule has 16 heavy (non-hydrogen) atoms. The summed E-state index contributed by atoms with van der Waals surface area (Å²) in [6.07, 6.45) is -0.322. The quantitative estimate of drug-likeness (QED) is 0.679. The molecule has 0 saturated heterocycles. The van der Waals surface area contributed by atoms with Crippen molar-refractivity contribution in [2.75, 3.05) is 0 Å². The number of rotatable bonds is 4. The maximum Gasteiger partial charge on any atom is 0.0458 e. The number of carboxylic acid groups (broad SMARTS) is 2. The summed E-state index contributed by atoms with van der Waals surface area (Å²) in [5, 5.41) is 20.4. The molecular formula is C10H16N2O4. The Hall–Kier alpha value is -1.92. The van der Waals surface area contributed by atoms with Gasteiger partial charge in [0.15, 0.2) is 0 Å². The summed E-state index contributed by atoms with van der Waals surface area (Å²) < 4.78 is 0. The third-order valence-electron chi connectivity index (χ3n) is 1.72. The second-order valence-corrected chi connectivity index (χ2v) is 2.91. The SMILES string of the molecule is O=C([O-])Cc1ccc(CC(=O)[O-])cc1.[NH4+].[NH4+]. The predicted molar refractivity (Wildman–Crippen MR) is 55.8 cm³/mol.